The van der Waals surface area contributed by atoms with Gasteiger partial charge in [-0.15, -0.1) is 0 Å². The molecule has 0 saturated heterocycles. The van der Waals surface area contributed by atoms with Gasteiger partial charge in [-0.05, 0) is 30.9 Å². The monoisotopic (exact) mass is 324 g/mol. The molecular formula is C20H28N4. The van der Waals surface area contributed by atoms with Gasteiger partial charge in [0.25, 0.3) is 0 Å². The van der Waals surface area contributed by atoms with E-state index in [0.29, 0.717) is 0 Å². The van der Waals surface area contributed by atoms with Crippen molar-refractivity contribution in [1.82, 2.24) is 20.5 Å². The molecule has 0 spiro atoms. The number of hydrogen-bond acceptors (Lipinski definition) is 3. The van der Waals surface area contributed by atoms with E-state index in [2.05, 4.69) is 47.0 Å². The highest BCUT2D eigenvalue weighted by Crippen LogP contribution is 2.16. The fraction of sp³-hybridized carbons (Fsp3) is 0.400. The summed E-state index contributed by atoms with van der Waals surface area (Å²) in [5.74, 6) is 0.772. The molecule has 2 rings (SSSR count). The lowest BCUT2D eigenvalue weighted by Crippen LogP contribution is -2.14. The van der Waals surface area contributed by atoms with Crippen LogP contribution in [0.15, 0.2) is 31.1 Å². The zero-order valence-corrected chi connectivity index (χ0v) is 15.0. The largest absolute Gasteiger partial charge is 0.384 e. The fourth-order valence-corrected chi connectivity index (χ4v) is 2.43. The molecule has 0 saturated carbocycles. The van der Waals surface area contributed by atoms with Gasteiger partial charge in [-0.2, -0.15) is 5.10 Å². The molecule has 0 aromatic carbocycles. The van der Waals surface area contributed by atoms with Gasteiger partial charge in [0.05, 0.1) is 17.6 Å². The summed E-state index contributed by atoms with van der Waals surface area (Å²) in [7, 11) is 0. The van der Waals surface area contributed by atoms with Crippen molar-refractivity contribution in [3.63, 3.8) is 0 Å². The smallest absolute Gasteiger partial charge is 0.0875 e. The molecular weight excluding hydrogens is 296 g/mol. The molecule has 128 valence electrons. The van der Waals surface area contributed by atoms with Gasteiger partial charge in [0, 0.05) is 24.0 Å². The van der Waals surface area contributed by atoms with Crippen molar-refractivity contribution in [3.05, 3.63) is 53.6 Å². The van der Waals surface area contributed by atoms with Crippen LogP contribution in [0.25, 0.3) is 17.8 Å². The van der Waals surface area contributed by atoms with Crippen molar-refractivity contribution in [2.45, 2.75) is 40.0 Å². The maximum Gasteiger partial charge on any atom is 0.0875 e. The highest BCUT2D eigenvalue weighted by molar-refractivity contribution is 5.76. The van der Waals surface area contributed by atoms with Crippen molar-refractivity contribution in [3.8, 4) is 0 Å². The Hall–Kier alpha value is -2.36. The Bertz CT molecular complexity index is 665. The lowest BCUT2D eigenvalue weighted by molar-refractivity contribution is 0.534. The van der Waals surface area contributed by atoms with E-state index in [1.165, 1.54) is 12.8 Å². The Balaban J connectivity index is 1.89. The topological polar surface area (TPSA) is 53.6 Å². The quantitative estimate of drug-likeness (QED) is 0.659. The second-order valence-electron chi connectivity index (χ2n) is 6.56. The lowest BCUT2D eigenvalue weighted by atomic mass is 10.1. The number of unbranched alkanes of at least 4 members (excludes halogenated alkanes) is 1. The van der Waals surface area contributed by atoms with Gasteiger partial charge < -0.3 is 5.32 Å². The average Bonchev–Trinajstić information content (AvgIpc) is 3.02. The Morgan fingerprint density at radius 1 is 1.25 bits per heavy atom. The van der Waals surface area contributed by atoms with E-state index >= 15 is 0 Å². The van der Waals surface area contributed by atoms with Crippen molar-refractivity contribution in [2.75, 3.05) is 6.54 Å². The van der Waals surface area contributed by atoms with Gasteiger partial charge in [0.2, 0.25) is 0 Å². The number of hydrogen-bond donors (Lipinski definition) is 2. The molecule has 0 unspecified atom stereocenters. The van der Waals surface area contributed by atoms with Crippen LogP contribution < -0.4 is 5.32 Å². The van der Waals surface area contributed by atoms with Crippen molar-refractivity contribution < 1.29 is 0 Å². The second-order valence-corrected chi connectivity index (χ2v) is 6.56. The third-order valence-electron chi connectivity index (χ3n) is 3.91. The average molecular weight is 324 g/mol. The molecule has 0 atom stereocenters. The summed E-state index contributed by atoms with van der Waals surface area (Å²) in [6, 6.07) is 4.06. The van der Waals surface area contributed by atoms with E-state index in [1.807, 2.05) is 37.5 Å². The van der Waals surface area contributed by atoms with Crippen molar-refractivity contribution in [1.29, 1.82) is 0 Å². The van der Waals surface area contributed by atoms with E-state index < -0.39 is 0 Å². The SMILES string of the molecule is C=C(NCCCCC(C)C)c1[nH]ncc1/C=C/c1ccc(C)nc1. The van der Waals surface area contributed by atoms with Crippen LogP contribution in [0.5, 0.6) is 0 Å². The van der Waals surface area contributed by atoms with Crippen LogP contribution in [-0.4, -0.2) is 21.7 Å². The molecule has 0 radical (unpaired) electrons. The number of nitrogens with one attached hydrogen (secondary N) is 2. The van der Waals surface area contributed by atoms with E-state index in [1.54, 1.807) is 0 Å². The summed E-state index contributed by atoms with van der Waals surface area (Å²) in [5, 5.41) is 10.6. The van der Waals surface area contributed by atoms with Crippen LogP contribution in [0.4, 0.5) is 0 Å². The summed E-state index contributed by atoms with van der Waals surface area (Å²) in [6.07, 6.45) is 11.4. The molecule has 0 aliphatic heterocycles. The van der Waals surface area contributed by atoms with E-state index in [-0.39, 0.29) is 0 Å². The minimum atomic E-state index is 0.772. The number of H-pyrrole nitrogens is 1. The predicted octanol–water partition coefficient (Wildman–Crippen LogP) is 4.67. The highest BCUT2D eigenvalue weighted by Gasteiger charge is 2.06. The first-order chi connectivity index (χ1) is 11.6. The summed E-state index contributed by atoms with van der Waals surface area (Å²) in [5.41, 5.74) is 4.94. The van der Waals surface area contributed by atoms with E-state index in [9.17, 15) is 0 Å². The van der Waals surface area contributed by atoms with Gasteiger partial charge in [0.15, 0.2) is 0 Å². The highest BCUT2D eigenvalue weighted by atomic mass is 15.1. The molecule has 2 N–H and O–H groups in total. The zero-order chi connectivity index (χ0) is 17.4. The molecule has 2 aromatic rings. The molecule has 2 aromatic heterocycles. The second kappa shape index (κ2) is 9.06. The third-order valence-corrected chi connectivity index (χ3v) is 3.91. The molecule has 0 aliphatic rings. The standard InChI is InChI=1S/C20H28N4/c1-15(2)7-5-6-12-21-17(4)20-19(14-23-24-20)11-10-18-9-8-16(3)22-13-18/h8-11,13-15,21H,4-7,12H2,1-3H3,(H,23,24)/b11-10+. The summed E-state index contributed by atoms with van der Waals surface area (Å²) in [6.45, 7) is 11.6. The zero-order valence-electron chi connectivity index (χ0n) is 15.0. The van der Waals surface area contributed by atoms with E-state index in [4.69, 9.17) is 0 Å². The number of nitrogens with zero attached hydrogens (tertiary/aromatic N) is 2. The van der Waals surface area contributed by atoms with E-state index in [0.717, 1.165) is 47.1 Å². The molecule has 0 amide bonds. The maximum absolute atomic E-state index is 4.30. The van der Waals surface area contributed by atoms with Crippen LogP contribution >= 0.6 is 0 Å². The van der Waals surface area contributed by atoms with Gasteiger partial charge in [0.1, 0.15) is 0 Å². The minimum absolute atomic E-state index is 0.772. The van der Waals surface area contributed by atoms with Crippen LogP contribution in [0.3, 0.4) is 0 Å². The molecule has 0 bridgehead atoms. The Kier molecular flexibility index (Phi) is 6.79. The molecule has 4 heteroatoms. The van der Waals surface area contributed by atoms with Gasteiger partial charge in [-0.25, -0.2) is 0 Å². The van der Waals surface area contributed by atoms with Crippen molar-refractivity contribution in [2.24, 2.45) is 5.92 Å². The van der Waals surface area contributed by atoms with Crippen molar-refractivity contribution >= 4 is 17.8 Å². The third kappa shape index (κ3) is 5.69. The number of aryl methyl sites for hydroxylation is 1. The van der Waals surface area contributed by atoms with Gasteiger partial charge in [-0.3, -0.25) is 10.1 Å². The van der Waals surface area contributed by atoms with Crippen LogP contribution in [0, 0.1) is 12.8 Å². The molecule has 4 nitrogen and oxygen atoms in total. The number of aromatic nitrogens is 3. The Labute approximate surface area is 145 Å². The molecule has 0 aliphatic carbocycles. The summed E-state index contributed by atoms with van der Waals surface area (Å²) < 4.78 is 0. The van der Waals surface area contributed by atoms with Crippen LogP contribution in [0.2, 0.25) is 0 Å². The van der Waals surface area contributed by atoms with Crippen LogP contribution in [0.1, 0.15) is 55.6 Å². The first-order valence-corrected chi connectivity index (χ1v) is 8.63. The normalized spacial score (nSPS) is 11.3. The van der Waals surface area contributed by atoms with Crippen LogP contribution in [-0.2, 0) is 0 Å². The first-order valence-electron chi connectivity index (χ1n) is 8.63. The summed E-state index contributed by atoms with van der Waals surface area (Å²) >= 11 is 0. The minimum Gasteiger partial charge on any atom is -0.384 e. The van der Waals surface area contributed by atoms with Gasteiger partial charge in [-0.1, -0.05) is 51.5 Å². The number of aromatic amines is 1. The maximum atomic E-state index is 4.30. The first kappa shape index (κ1) is 18.0. The summed E-state index contributed by atoms with van der Waals surface area (Å²) in [4.78, 5) is 4.30. The van der Waals surface area contributed by atoms with Gasteiger partial charge >= 0.3 is 0 Å². The molecule has 2 heterocycles. The number of pyridine rings is 1. The Morgan fingerprint density at radius 3 is 2.79 bits per heavy atom. The number of rotatable bonds is 9. The predicted molar refractivity (Wildman–Crippen MR) is 102 cm³/mol. The Morgan fingerprint density at radius 2 is 2.08 bits per heavy atom. The lowest BCUT2D eigenvalue weighted by Gasteiger charge is -2.09. The molecule has 24 heavy (non-hydrogen) atoms. The molecule has 0 fully saturated rings. The fourth-order valence-electron chi connectivity index (χ4n) is 2.43.